The Bertz CT molecular complexity index is 1220. The van der Waals surface area contributed by atoms with Gasteiger partial charge in [-0.2, -0.15) is 10.4 Å². The molecule has 33 heavy (non-hydrogen) atoms. The van der Waals surface area contributed by atoms with Crippen LogP contribution in [0.3, 0.4) is 0 Å². The van der Waals surface area contributed by atoms with E-state index in [1.54, 1.807) is 25.7 Å². The first-order chi connectivity index (χ1) is 15.8. The van der Waals surface area contributed by atoms with E-state index in [0.29, 0.717) is 25.8 Å². The SMILES string of the molecule is CC(O)CCN(/N=C/c1cc(-c2cncn2C)nc2cc(CI)c(CCC#N)cc12)C(N)=S. The highest BCUT2D eigenvalue weighted by molar-refractivity contribution is 14.1. The van der Waals surface area contributed by atoms with Crippen molar-refractivity contribution < 1.29 is 5.11 Å². The van der Waals surface area contributed by atoms with E-state index in [4.69, 9.17) is 28.2 Å². The Morgan fingerprint density at radius 3 is 2.82 bits per heavy atom. The van der Waals surface area contributed by atoms with Crippen LogP contribution in [0.4, 0.5) is 0 Å². The Balaban J connectivity index is 2.15. The fourth-order valence-corrected chi connectivity index (χ4v) is 4.29. The Labute approximate surface area is 212 Å². The van der Waals surface area contributed by atoms with Crippen molar-refractivity contribution in [1.82, 2.24) is 19.5 Å². The molecule has 0 aliphatic heterocycles. The number of aromatic nitrogens is 3. The van der Waals surface area contributed by atoms with E-state index >= 15 is 0 Å². The lowest BCUT2D eigenvalue weighted by Gasteiger charge is -2.18. The minimum Gasteiger partial charge on any atom is -0.393 e. The van der Waals surface area contributed by atoms with Gasteiger partial charge in [-0.1, -0.05) is 22.6 Å². The van der Waals surface area contributed by atoms with Gasteiger partial charge in [-0.15, -0.1) is 0 Å². The van der Waals surface area contributed by atoms with Gasteiger partial charge in [0.05, 0.1) is 47.8 Å². The highest BCUT2D eigenvalue weighted by Gasteiger charge is 2.14. The minimum absolute atomic E-state index is 0.138. The number of benzene rings is 1. The number of hydrogen-bond acceptors (Lipinski definition) is 6. The highest BCUT2D eigenvalue weighted by Crippen LogP contribution is 2.28. The van der Waals surface area contributed by atoms with Crippen LogP contribution in [-0.4, -0.2) is 48.6 Å². The number of thiocarbonyl (C=S) groups is 1. The van der Waals surface area contributed by atoms with Gasteiger partial charge >= 0.3 is 0 Å². The summed E-state index contributed by atoms with van der Waals surface area (Å²) >= 11 is 7.48. The molecule has 0 saturated heterocycles. The standard InChI is InChI=1S/C23H26IN7OS/c1-15(32)5-7-31(23(26)33)28-12-18-10-21(22-13-27-14-30(22)2)29-20-9-17(11-24)16(4-3-6-25)8-19(18)20/h8-10,12-15,32H,3-5,7,11H2,1-2H3,(H2,26,33)/b28-12+. The van der Waals surface area contributed by atoms with Crippen LogP contribution in [-0.2, 0) is 17.9 Å². The van der Waals surface area contributed by atoms with Crippen LogP contribution in [0.2, 0.25) is 0 Å². The summed E-state index contributed by atoms with van der Waals surface area (Å²) in [6.45, 7) is 2.12. The zero-order valence-corrected chi connectivity index (χ0v) is 21.5. The summed E-state index contributed by atoms with van der Waals surface area (Å²) in [5.74, 6) is 0. The number of imidazole rings is 1. The molecule has 0 amide bonds. The predicted octanol–water partition coefficient (Wildman–Crippen LogP) is 3.68. The lowest BCUT2D eigenvalue weighted by molar-refractivity contribution is 0.173. The first-order valence-electron chi connectivity index (χ1n) is 10.5. The van der Waals surface area contributed by atoms with Gasteiger partial charge in [-0.25, -0.2) is 15.0 Å². The average Bonchev–Trinajstić information content (AvgIpc) is 3.22. The number of aliphatic hydroxyl groups is 1. The number of hydrazone groups is 1. The molecule has 172 valence electrons. The van der Waals surface area contributed by atoms with Crippen molar-refractivity contribution >= 4 is 57.0 Å². The van der Waals surface area contributed by atoms with Gasteiger partial charge in [0.2, 0.25) is 0 Å². The van der Waals surface area contributed by atoms with Crippen molar-refractivity contribution in [1.29, 1.82) is 5.26 Å². The largest absolute Gasteiger partial charge is 0.393 e. The Hall–Kier alpha value is -2.62. The van der Waals surface area contributed by atoms with E-state index in [-0.39, 0.29) is 5.11 Å². The summed E-state index contributed by atoms with van der Waals surface area (Å²) in [5, 5.41) is 25.8. The van der Waals surface area contributed by atoms with Crippen molar-refractivity contribution in [3.63, 3.8) is 0 Å². The molecular formula is C23H26IN7OS. The fourth-order valence-electron chi connectivity index (χ4n) is 3.44. The first kappa shape index (κ1) is 25.0. The maximum atomic E-state index is 9.63. The molecular weight excluding hydrogens is 549 g/mol. The molecule has 3 rings (SSSR count). The number of hydrogen-bond donors (Lipinski definition) is 2. The predicted molar refractivity (Wildman–Crippen MR) is 143 cm³/mol. The maximum Gasteiger partial charge on any atom is 0.186 e. The van der Waals surface area contributed by atoms with Gasteiger partial charge in [0.15, 0.2) is 5.11 Å². The van der Waals surface area contributed by atoms with E-state index in [1.165, 1.54) is 5.01 Å². The lowest BCUT2D eigenvalue weighted by Crippen LogP contribution is -2.33. The molecule has 1 aromatic carbocycles. The monoisotopic (exact) mass is 575 g/mol. The molecule has 3 N–H and O–H groups in total. The van der Waals surface area contributed by atoms with Gasteiger partial charge in [0.25, 0.3) is 0 Å². The molecule has 0 radical (unpaired) electrons. The number of aryl methyl sites for hydroxylation is 2. The molecule has 0 aliphatic carbocycles. The van der Waals surface area contributed by atoms with Gasteiger partial charge in [0.1, 0.15) is 0 Å². The van der Waals surface area contributed by atoms with Crippen molar-refractivity contribution in [3.05, 3.63) is 47.4 Å². The molecule has 0 saturated carbocycles. The second-order valence-corrected chi connectivity index (χ2v) is 8.94. The zero-order valence-electron chi connectivity index (χ0n) is 18.6. The number of fused-ring (bicyclic) bond motifs is 1. The van der Waals surface area contributed by atoms with E-state index in [2.05, 4.69) is 50.9 Å². The van der Waals surface area contributed by atoms with Gasteiger partial charge < -0.3 is 15.4 Å². The normalized spacial score (nSPS) is 12.2. The molecule has 2 heterocycles. The van der Waals surface area contributed by atoms with Crippen LogP contribution in [0.15, 0.2) is 35.8 Å². The van der Waals surface area contributed by atoms with Gasteiger partial charge in [-0.3, -0.25) is 0 Å². The topological polar surface area (TPSA) is 116 Å². The molecule has 1 atom stereocenters. The van der Waals surface area contributed by atoms with Crippen LogP contribution in [0.1, 0.15) is 36.5 Å². The van der Waals surface area contributed by atoms with Crippen molar-refractivity contribution in [2.45, 2.75) is 36.7 Å². The van der Waals surface area contributed by atoms with Gasteiger partial charge in [0, 0.05) is 35.4 Å². The van der Waals surface area contributed by atoms with E-state index in [1.807, 2.05) is 17.7 Å². The Morgan fingerprint density at radius 2 is 2.21 bits per heavy atom. The van der Waals surface area contributed by atoms with Crippen LogP contribution in [0.5, 0.6) is 0 Å². The quantitative estimate of drug-likeness (QED) is 0.132. The van der Waals surface area contributed by atoms with Crippen LogP contribution in [0.25, 0.3) is 22.3 Å². The summed E-state index contributed by atoms with van der Waals surface area (Å²) in [6, 6.07) is 8.38. The number of pyridine rings is 1. The third-order valence-electron chi connectivity index (χ3n) is 5.24. The summed E-state index contributed by atoms with van der Waals surface area (Å²) < 4.78 is 2.74. The van der Waals surface area contributed by atoms with E-state index < -0.39 is 6.10 Å². The fraction of sp³-hybridized carbons (Fsp3) is 0.348. The van der Waals surface area contributed by atoms with Crippen LogP contribution >= 0.6 is 34.8 Å². The molecule has 2 aromatic heterocycles. The third kappa shape index (κ3) is 6.25. The Morgan fingerprint density at radius 1 is 1.42 bits per heavy atom. The van der Waals surface area contributed by atoms with Gasteiger partial charge in [-0.05, 0) is 61.3 Å². The van der Waals surface area contributed by atoms with Crippen molar-refractivity contribution in [2.24, 2.45) is 17.9 Å². The molecule has 1 unspecified atom stereocenters. The molecule has 0 bridgehead atoms. The summed E-state index contributed by atoms with van der Waals surface area (Å²) in [7, 11) is 1.92. The van der Waals surface area contributed by atoms with Crippen molar-refractivity contribution in [3.8, 4) is 17.5 Å². The number of nitrogens with two attached hydrogens (primary N) is 1. The second-order valence-electron chi connectivity index (χ2n) is 7.76. The molecule has 0 aliphatic rings. The average molecular weight is 575 g/mol. The number of rotatable bonds is 9. The molecule has 3 aromatic rings. The third-order valence-corrected chi connectivity index (χ3v) is 6.27. The summed E-state index contributed by atoms with van der Waals surface area (Å²) in [5.41, 5.74) is 11.5. The Kier molecular flexibility index (Phi) is 8.71. The van der Waals surface area contributed by atoms with Crippen molar-refractivity contribution in [2.75, 3.05) is 6.54 Å². The zero-order chi connectivity index (χ0) is 24.0. The number of aliphatic hydroxyl groups excluding tert-OH is 1. The summed E-state index contributed by atoms with van der Waals surface area (Å²) in [6.07, 6.45) is 6.38. The smallest absolute Gasteiger partial charge is 0.186 e. The first-order valence-corrected chi connectivity index (χ1v) is 12.4. The van der Waals surface area contributed by atoms with E-state index in [9.17, 15) is 5.11 Å². The second kappa shape index (κ2) is 11.5. The van der Waals surface area contributed by atoms with E-state index in [0.717, 1.165) is 43.4 Å². The van der Waals surface area contributed by atoms with Crippen LogP contribution < -0.4 is 5.73 Å². The minimum atomic E-state index is -0.482. The molecule has 0 fully saturated rings. The summed E-state index contributed by atoms with van der Waals surface area (Å²) in [4.78, 5) is 9.12. The molecule has 10 heteroatoms. The maximum absolute atomic E-state index is 9.63. The molecule has 8 nitrogen and oxygen atoms in total. The number of nitrogens with zero attached hydrogens (tertiary/aromatic N) is 6. The molecule has 0 spiro atoms. The highest BCUT2D eigenvalue weighted by atomic mass is 127. The number of alkyl halides is 1. The van der Waals surface area contributed by atoms with Crippen LogP contribution in [0, 0.1) is 11.3 Å². The number of nitriles is 1. The number of halogens is 1. The lowest BCUT2D eigenvalue weighted by atomic mass is 9.98.